The molecule has 3 aliphatic rings. The molecule has 0 aromatic heterocycles. The average Bonchev–Trinajstić information content (AvgIpc) is 3.17. The molecule has 2 aromatic rings. The number of allylic oxidation sites excluding steroid dienone is 1. The molecule has 0 radical (unpaired) electrons. The van der Waals surface area contributed by atoms with Crippen LogP contribution in [0.1, 0.15) is 80.8 Å². The molecule has 2 heterocycles. The van der Waals surface area contributed by atoms with Gasteiger partial charge in [0, 0.05) is 29.3 Å². The fourth-order valence-electron chi connectivity index (χ4n) is 7.08. The normalized spacial score (nSPS) is 27.9. The van der Waals surface area contributed by atoms with E-state index in [-0.39, 0.29) is 34.0 Å². The highest BCUT2D eigenvalue weighted by Gasteiger charge is 2.43. The first-order chi connectivity index (χ1) is 21.6. The second kappa shape index (κ2) is 15.3. The number of hydrogen-bond acceptors (Lipinski definition) is 6. The Bertz CT molecular complexity index is 1390. The number of halogens is 2. The standard InChI is InChI=1S/C35H46ClFN2O4S2/c1-5-25-15-17-39-21-35(16-7-10-27-28(35)12-13-29(36)32(27)37)22-43-31-14-11-26(20-30(31)39)34(40)38-44-24(3)9-6-8-23(2)33(25)42-18-19-45(4)41/h8,11-14,20,24-25,33H,5-7,9-10,15-19,21-22H2,1-4H3,(H,38,40)/b23-8+. The summed E-state index contributed by atoms with van der Waals surface area (Å²) in [5.41, 5.74) is 3.90. The van der Waals surface area contributed by atoms with Gasteiger partial charge < -0.3 is 18.9 Å². The number of nitrogens with one attached hydrogen (secondary N) is 1. The van der Waals surface area contributed by atoms with E-state index in [4.69, 9.17) is 21.1 Å². The van der Waals surface area contributed by atoms with Crippen LogP contribution in [0, 0.1) is 11.7 Å². The Morgan fingerprint density at radius 2 is 2.11 bits per heavy atom. The number of nitrogens with zero attached hydrogens (tertiary/aromatic N) is 1. The maximum Gasteiger partial charge on any atom is 0.261 e. The third-order valence-electron chi connectivity index (χ3n) is 9.64. The van der Waals surface area contributed by atoms with Crippen molar-refractivity contribution in [2.45, 2.75) is 82.5 Å². The highest BCUT2D eigenvalue weighted by atomic mass is 35.5. The van der Waals surface area contributed by atoms with Gasteiger partial charge in [0.1, 0.15) is 17.3 Å². The Morgan fingerprint density at radius 1 is 1.29 bits per heavy atom. The van der Waals surface area contributed by atoms with E-state index >= 15 is 4.39 Å². The zero-order valence-corrected chi connectivity index (χ0v) is 29.2. The fourth-order valence-corrected chi connectivity index (χ4v) is 8.27. The predicted molar refractivity (Wildman–Crippen MR) is 185 cm³/mol. The van der Waals surface area contributed by atoms with Gasteiger partial charge in [-0.1, -0.05) is 55.2 Å². The number of rotatable bonds is 5. The van der Waals surface area contributed by atoms with Crippen LogP contribution in [0.3, 0.4) is 0 Å². The number of fused-ring (bicyclic) bond motifs is 3. The third-order valence-corrected chi connectivity index (χ3v) is 11.6. The van der Waals surface area contributed by atoms with E-state index in [9.17, 15) is 9.35 Å². The van der Waals surface area contributed by atoms with Crippen LogP contribution in [0.25, 0.3) is 0 Å². The van der Waals surface area contributed by atoms with Crippen LogP contribution in [0.4, 0.5) is 10.1 Å². The minimum absolute atomic E-state index is 0.0799. The number of carbonyl (C=O) groups is 1. The number of amides is 1. The molecule has 6 nitrogen and oxygen atoms in total. The molecule has 246 valence electrons. The number of benzene rings is 2. The summed E-state index contributed by atoms with van der Waals surface area (Å²) in [6.45, 7) is 8.70. The lowest BCUT2D eigenvalue weighted by atomic mass is 9.70. The van der Waals surface area contributed by atoms with Gasteiger partial charge in [-0.05, 0) is 104 Å². The summed E-state index contributed by atoms with van der Waals surface area (Å²) in [5, 5.41) is 0.388. The summed E-state index contributed by atoms with van der Waals surface area (Å²) < 4.78 is 43.3. The third kappa shape index (κ3) is 7.98. The van der Waals surface area contributed by atoms with Gasteiger partial charge in [-0.25, -0.2) is 4.39 Å². The number of hydrogen-bond donors (Lipinski definition) is 1. The van der Waals surface area contributed by atoms with Gasteiger partial charge >= 0.3 is 0 Å². The molecule has 1 aliphatic carbocycles. The molecule has 5 rings (SSSR count). The molecule has 0 saturated heterocycles. The number of ether oxygens (including phenoxy) is 2. The predicted octanol–water partition coefficient (Wildman–Crippen LogP) is 7.64. The first-order valence-corrected chi connectivity index (χ1v) is 19.1. The smallest absolute Gasteiger partial charge is 0.261 e. The summed E-state index contributed by atoms with van der Waals surface area (Å²) in [6, 6.07) is 9.33. The lowest BCUT2D eigenvalue weighted by Crippen LogP contribution is -2.46. The molecule has 2 aliphatic heterocycles. The quantitative estimate of drug-likeness (QED) is 0.199. The lowest BCUT2D eigenvalue weighted by molar-refractivity contribution is 0.0422. The van der Waals surface area contributed by atoms with Gasteiger partial charge in [-0.2, -0.15) is 0 Å². The molecular weight excluding hydrogens is 631 g/mol. The van der Waals surface area contributed by atoms with Crippen molar-refractivity contribution < 1.29 is 23.2 Å². The highest BCUT2D eigenvalue weighted by molar-refractivity contribution is 7.98. The summed E-state index contributed by atoms with van der Waals surface area (Å²) in [7, 11) is 0. The fraction of sp³-hybridized carbons (Fsp3) is 0.571. The van der Waals surface area contributed by atoms with Crippen molar-refractivity contribution in [3.63, 3.8) is 0 Å². The Balaban J connectivity index is 1.54. The zero-order chi connectivity index (χ0) is 32.1. The monoisotopic (exact) mass is 676 g/mol. The van der Waals surface area contributed by atoms with Crippen molar-refractivity contribution in [3.8, 4) is 5.75 Å². The van der Waals surface area contributed by atoms with Crippen molar-refractivity contribution >= 4 is 46.3 Å². The highest BCUT2D eigenvalue weighted by Crippen LogP contribution is 2.45. The molecule has 0 fully saturated rings. The minimum Gasteiger partial charge on any atom is -0.616 e. The van der Waals surface area contributed by atoms with Crippen LogP contribution >= 0.6 is 23.5 Å². The van der Waals surface area contributed by atoms with Crippen LogP contribution in [0.15, 0.2) is 42.0 Å². The van der Waals surface area contributed by atoms with E-state index in [1.54, 1.807) is 12.3 Å². The van der Waals surface area contributed by atoms with Crippen LogP contribution < -0.4 is 14.4 Å². The Morgan fingerprint density at radius 3 is 2.89 bits per heavy atom. The zero-order valence-electron chi connectivity index (χ0n) is 26.8. The van der Waals surface area contributed by atoms with Gasteiger partial charge in [0.25, 0.3) is 5.91 Å². The number of anilines is 1. The molecule has 5 atom stereocenters. The largest absolute Gasteiger partial charge is 0.616 e. The van der Waals surface area contributed by atoms with Gasteiger partial charge in [-0.3, -0.25) is 9.52 Å². The van der Waals surface area contributed by atoms with E-state index in [1.165, 1.54) is 17.5 Å². The first kappa shape index (κ1) is 34.4. The van der Waals surface area contributed by atoms with Crippen LogP contribution in [-0.2, 0) is 27.7 Å². The second-order valence-corrected chi connectivity index (χ2v) is 16.0. The summed E-state index contributed by atoms with van der Waals surface area (Å²) in [6.07, 6.45) is 9.86. The topological polar surface area (TPSA) is 73.9 Å². The maximum absolute atomic E-state index is 15.3. The Kier molecular flexibility index (Phi) is 11.7. The lowest BCUT2D eigenvalue weighted by Gasteiger charge is -2.41. The SMILES string of the molecule is CCC1CCN2CC3(CCCc4c3ccc(Cl)c4F)COc3ccc(cc32)C(=O)NSC(C)CC/C=C(\C)C1OCC[S+](C)[O-]. The Hall–Kier alpha value is -1.91. The molecule has 1 N–H and O–H groups in total. The second-order valence-electron chi connectivity index (χ2n) is 12.8. The van der Waals surface area contributed by atoms with Crippen LogP contribution in [-0.4, -0.2) is 60.1 Å². The van der Waals surface area contributed by atoms with E-state index < -0.39 is 16.6 Å². The van der Waals surface area contributed by atoms with Gasteiger partial charge in [0.15, 0.2) is 0 Å². The summed E-state index contributed by atoms with van der Waals surface area (Å²) in [4.78, 5) is 15.7. The van der Waals surface area contributed by atoms with E-state index in [1.807, 2.05) is 24.3 Å². The van der Waals surface area contributed by atoms with Crippen LogP contribution in [0.2, 0.25) is 5.02 Å². The van der Waals surface area contributed by atoms with Crippen molar-refractivity contribution in [2.24, 2.45) is 5.92 Å². The van der Waals surface area contributed by atoms with Gasteiger partial charge in [-0.15, -0.1) is 0 Å². The van der Waals surface area contributed by atoms with Crippen molar-refractivity contribution in [1.29, 1.82) is 0 Å². The molecular formula is C35H46ClFN2O4S2. The molecule has 5 unspecified atom stereocenters. The molecule has 45 heavy (non-hydrogen) atoms. The van der Waals surface area contributed by atoms with Crippen molar-refractivity contribution in [2.75, 3.05) is 43.2 Å². The van der Waals surface area contributed by atoms with Crippen LogP contribution in [0.5, 0.6) is 5.75 Å². The molecule has 0 saturated carbocycles. The molecule has 2 aromatic carbocycles. The van der Waals surface area contributed by atoms with E-state index in [2.05, 4.69) is 36.5 Å². The molecule has 2 bridgehead atoms. The average molecular weight is 677 g/mol. The van der Waals surface area contributed by atoms with Crippen molar-refractivity contribution in [1.82, 2.24) is 4.72 Å². The first-order valence-electron chi connectivity index (χ1n) is 16.1. The van der Waals surface area contributed by atoms with E-state index in [0.29, 0.717) is 49.6 Å². The molecule has 1 spiro atoms. The summed E-state index contributed by atoms with van der Waals surface area (Å²) >= 11 is 6.76. The molecule has 1 amide bonds. The Labute approximate surface area is 280 Å². The summed E-state index contributed by atoms with van der Waals surface area (Å²) in [5.74, 6) is 1.02. The van der Waals surface area contributed by atoms with Gasteiger partial charge in [0.2, 0.25) is 0 Å². The molecule has 10 heteroatoms. The number of carbonyl (C=O) groups excluding carboxylic acids is 1. The van der Waals surface area contributed by atoms with Crippen molar-refractivity contribution in [3.05, 3.63) is 69.5 Å². The van der Waals surface area contributed by atoms with E-state index in [0.717, 1.165) is 55.5 Å². The van der Waals surface area contributed by atoms with Gasteiger partial charge in [0.05, 0.1) is 36.3 Å². The minimum atomic E-state index is -0.923. The maximum atomic E-state index is 15.3.